The van der Waals surface area contributed by atoms with Gasteiger partial charge in [-0.25, -0.2) is 4.79 Å². The van der Waals surface area contributed by atoms with Crippen molar-refractivity contribution in [3.8, 4) is 0 Å². The molecular formula is C13H21NO4. The molecule has 1 aliphatic carbocycles. The monoisotopic (exact) mass is 255 g/mol. The Morgan fingerprint density at radius 1 is 0.944 bits per heavy atom. The number of hydrogen-bond donors (Lipinski definition) is 2. The third kappa shape index (κ3) is 3.45. The molecule has 2 fully saturated rings. The first-order chi connectivity index (χ1) is 8.66. The fraction of sp³-hybridized carbons (Fsp3) is 0.846. The first kappa shape index (κ1) is 13.3. The second-order valence-corrected chi connectivity index (χ2v) is 5.23. The van der Waals surface area contributed by atoms with Crippen LogP contribution in [0.3, 0.4) is 0 Å². The Morgan fingerprint density at radius 3 is 2.11 bits per heavy atom. The number of aliphatic carboxylic acids is 1. The summed E-state index contributed by atoms with van der Waals surface area (Å²) in [5, 5.41) is 11.8. The quantitative estimate of drug-likeness (QED) is 0.749. The lowest BCUT2D eigenvalue weighted by Crippen LogP contribution is -2.41. The van der Waals surface area contributed by atoms with E-state index >= 15 is 0 Å². The van der Waals surface area contributed by atoms with E-state index < -0.39 is 18.2 Å². The van der Waals surface area contributed by atoms with E-state index in [-0.39, 0.29) is 11.9 Å². The van der Waals surface area contributed by atoms with Crippen LogP contribution in [-0.2, 0) is 14.3 Å². The number of nitrogens with one attached hydrogen (secondary N) is 1. The number of carbonyl (C=O) groups excluding carboxylic acids is 1. The lowest BCUT2D eigenvalue weighted by molar-refractivity contribution is -0.151. The van der Waals surface area contributed by atoms with Gasteiger partial charge < -0.3 is 15.2 Å². The van der Waals surface area contributed by atoms with E-state index in [1.54, 1.807) is 0 Å². The highest BCUT2D eigenvalue weighted by molar-refractivity contribution is 5.82. The molecule has 1 aliphatic heterocycles. The molecule has 18 heavy (non-hydrogen) atoms. The molecule has 1 saturated carbocycles. The van der Waals surface area contributed by atoms with E-state index in [9.17, 15) is 9.59 Å². The Kier molecular flexibility index (Phi) is 4.58. The summed E-state index contributed by atoms with van der Waals surface area (Å²) in [6.07, 6.45) is 6.42. The minimum absolute atomic E-state index is 0.134. The van der Waals surface area contributed by atoms with Crippen molar-refractivity contribution < 1.29 is 19.4 Å². The van der Waals surface area contributed by atoms with Gasteiger partial charge in [0.2, 0.25) is 5.91 Å². The Morgan fingerprint density at radius 2 is 1.56 bits per heavy atom. The van der Waals surface area contributed by atoms with Gasteiger partial charge >= 0.3 is 5.97 Å². The fourth-order valence-corrected chi connectivity index (χ4v) is 2.73. The van der Waals surface area contributed by atoms with Gasteiger partial charge in [-0.1, -0.05) is 25.7 Å². The summed E-state index contributed by atoms with van der Waals surface area (Å²) in [6, 6.07) is 0.243. The minimum Gasteiger partial charge on any atom is -0.479 e. The van der Waals surface area contributed by atoms with Crippen LogP contribution in [0, 0.1) is 0 Å². The van der Waals surface area contributed by atoms with Gasteiger partial charge in [0.15, 0.2) is 6.10 Å². The highest BCUT2D eigenvalue weighted by Crippen LogP contribution is 2.22. The molecule has 1 saturated heterocycles. The van der Waals surface area contributed by atoms with Gasteiger partial charge in [-0.3, -0.25) is 4.79 Å². The summed E-state index contributed by atoms with van der Waals surface area (Å²) in [7, 11) is 0. The van der Waals surface area contributed by atoms with Gasteiger partial charge in [0.1, 0.15) is 6.10 Å². The van der Waals surface area contributed by atoms with Crippen LogP contribution in [-0.4, -0.2) is 35.2 Å². The molecular weight excluding hydrogens is 234 g/mol. The maximum atomic E-state index is 12.0. The summed E-state index contributed by atoms with van der Waals surface area (Å²) < 4.78 is 5.25. The maximum Gasteiger partial charge on any atom is 0.332 e. The van der Waals surface area contributed by atoms with Crippen molar-refractivity contribution in [2.45, 2.75) is 69.6 Å². The normalized spacial score (nSPS) is 29.8. The largest absolute Gasteiger partial charge is 0.479 e. The molecule has 2 rings (SSSR count). The molecule has 2 unspecified atom stereocenters. The summed E-state index contributed by atoms with van der Waals surface area (Å²) in [4.78, 5) is 22.7. The second kappa shape index (κ2) is 6.18. The number of carbonyl (C=O) groups is 2. The third-order valence-electron chi connectivity index (χ3n) is 3.79. The topological polar surface area (TPSA) is 75.6 Å². The highest BCUT2D eigenvalue weighted by atomic mass is 16.5. The van der Waals surface area contributed by atoms with Crippen LogP contribution in [0.25, 0.3) is 0 Å². The molecule has 1 amide bonds. The van der Waals surface area contributed by atoms with Gasteiger partial charge in [-0.15, -0.1) is 0 Å². The number of amides is 1. The molecule has 5 nitrogen and oxygen atoms in total. The fourth-order valence-electron chi connectivity index (χ4n) is 2.73. The van der Waals surface area contributed by atoms with Crippen molar-refractivity contribution in [3.63, 3.8) is 0 Å². The van der Waals surface area contributed by atoms with Crippen LogP contribution in [0.15, 0.2) is 0 Å². The molecule has 0 spiro atoms. The average molecular weight is 255 g/mol. The lowest BCUT2D eigenvalue weighted by Gasteiger charge is -2.19. The summed E-state index contributed by atoms with van der Waals surface area (Å²) in [5.41, 5.74) is 0. The Labute approximate surface area is 107 Å². The van der Waals surface area contributed by atoms with Crippen LogP contribution in [0.4, 0.5) is 0 Å². The number of carboxylic acids is 1. The zero-order valence-corrected chi connectivity index (χ0v) is 10.6. The lowest BCUT2D eigenvalue weighted by atomic mass is 10.1. The Bertz CT molecular complexity index is 310. The van der Waals surface area contributed by atoms with Crippen molar-refractivity contribution in [3.05, 3.63) is 0 Å². The minimum atomic E-state index is -0.972. The number of hydrogen-bond acceptors (Lipinski definition) is 3. The van der Waals surface area contributed by atoms with E-state index in [0.29, 0.717) is 12.8 Å². The van der Waals surface area contributed by atoms with Crippen molar-refractivity contribution >= 4 is 11.9 Å². The smallest absolute Gasteiger partial charge is 0.332 e. The molecule has 0 aromatic carbocycles. The highest BCUT2D eigenvalue weighted by Gasteiger charge is 2.35. The molecule has 2 atom stereocenters. The van der Waals surface area contributed by atoms with Crippen LogP contribution in [0.1, 0.15) is 51.4 Å². The van der Waals surface area contributed by atoms with Gasteiger partial charge in [0.05, 0.1) is 0 Å². The molecule has 0 bridgehead atoms. The molecule has 1 heterocycles. The van der Waals surface area contributed by atoms with Gasteiger partial charge in [0.25, 0.3) is 0 Å². The van der Waals surface area contributed by atoms with E-state index in [1.165, 1.54) is 12.8 Å². The van der Waals surface area contributed by atoms with Gasteiger partial charge in [-0.05, 0) is 25.7 Å². The Hall–Kier alpha value is -1.10. The van der Waals surface area contributed by atoms with Crippen LogP contribution >= 0.6 is 0 Å². The van der Waals surface area contributed by atoms with E-state index in [1.807, 2.05) is 0 Å². The van der Waals surface area contributed by atoms with Crippen LogP contribution in [0.5, 0.6) is 0 Å². The van der Waals surface area contributed by atoms with Crippen molar-refractivity contribution in [2.75, 3.05) is 0 Å². The zero-order chi connectivity index (χ0) is 13.0. The molecule has 2 aliphatic rings. The molecule has 0 radical (unpaired) electrons. The summed E-state index contributed by atoms with van der Waals surface area (Å²) >= 11 is 0. The van der Waals surface area contributed by atoms with E-state index in [2.05, 4.69) is 5.32 Å². The van der Waals surface area contributed by atoms with Gasteiger partial charge in [-0.2, -0.15) is 0 Å². The standard InChI is InChI=1S/C13H21NO4/c15-12(10-7-8-11(18-10)13(16)17)14-9-5-3-1-2-4-6-9/h9-11H,1-8H2,(H,14,15)(H,16,17). The van der Waals surface area contributed by atoms with Crippen LogP contribution in [0.2, 0.25) is 0 Å². The number of rotatable bonds is 3. The van der Waals surface area contributed by atoms with E-state index in [4.69, 9.17) is 9.84 Å². The number of ether oxygens (including phenoxy) is 1. The molecule has 0 aromatic rings. The van der Waals surface area contributed by atoms with Crippen molar-refractivity contribution in [1.82, 2.24) is 5.32 Å². The predicted molar refractivity (Wildman–Crippen MR) is 65.2 cm³/mol. The molecule has 5 heteroatoms. The summed E-state index contributed by atoms with van der Waals surface area (Å²) in [5.74, 6) is -1.11. The maximum absolute atomic E-state index is 12.0. The zero-order valence-electron chi connectivity index (χ0n) is 10.6. The molecule has 102 valence electrons. The van der Waals surface area contributed by atoms with Crippen molar-refractivity contribution in [2.24, 2.45) is 0 Å². The van der Waals surface area contributed by atoms with E-state index in [0.717, 1.165) is 25.7 Å². The van der Waals surface area contributed by atoms with Crippen molar-refractivity contribution in [1.29, 1.82) is 0 Å². The molecule has 2 N–H and O–H groups in total. The van der Waals surface area contributed by atoms with Crippen LogP contribution < -0.4 is 5.32 Å². The third-order valence-corrected chi connectivity index (χ3v) is 3.79. The first-order valence-corrected chi connectivity index (χ1v) is 6.85. The molecule has 0 aromatic heterocycles. The predicted octanol–water partition coefficient (Wildman–Crippen LogP) is 1.46. The first-order valence-electron chi connectivity index (χ1n) is 6.85. The second-order valence-electron chi connectivity index (χ2n) is 5.23. The SMILES string of the molecule is O=C(O)C1CCC(C(=O)NC2CCCCCC2)O1. The summed E-state index contributed by atoms with van der Waals surface area (Å²) in [6.45, 7) is 0. The van der Waals surface area contributed by atoms with Gasteiger partial charge in [0, 0.05) is 6.04 Å². The Balaban J connectivity index is 1.79. The average Bonchev–Trinajstić information content (AvgIpc) is 2.70. The number of carboxylic acid groups (broad SMARTS) is 1.